The topological polar surface area (TPSA) is 93.7 Å². The Labute approximate surface area is 146 Å². The Morgan fingerprint density at radius 1 is 1.16 bits per heavy atom. The van der Waals surface area contributed by atoms with Gasteiger partial charge in [-0.15, -0.1) is 0 Å². The minimum Gasteiger partial charge on any atom is -0.497 e. The summed E-state index contributed by atoms with van der Waals surface area (Å²) in [6.07, 6.45) is 0.192. The number of amides is 1. The lowest BCUT2D eigenvalue weighted by Crippen LogP contribution is -2.28. The largest absolute Gasteiger partial charge is 0.497 e. The third kappa shape index (κ3) is 4.09. The third-order valence-corrected chi connectivity index (χ3v) is 5.17. The molecule has 0 saturated heterocycles. The van der Waals surface area contributed by atoms with E-state index in [0.717, 1.165) is 0 Å². The minimum atomic E-state index is -3.66. The van der Waals surface area contributed by atoms with E-state index in [1.165, 1.54) is 12.1 Å². The highest BCUT2D eigenvalue weighted by atomic mass is 32.2. The molecule has 132 valence electrons. The number of carbonyl (C=O) groups excluding carboxylic acids is 1. The summed E-state index contributed by atoms with van der Waals surface area (Å²) in [6.45, 7) is 0.297. The summed E-state index contributed by atoms with van der Waals surface area (Å²) >= 11 is 0. The molecule has 3 rings (SSSR count). The van der Waals surface area contributed by atoms with E-state index in [1.54, 1.807) is 37.4 Å². The van der Waals surface area contributed by atoms with Gasteiger partial charge in [0.1, 0.15) is 18.1 Å². The number of benzene rings is 2. The van der Waals surface area contributed by atoms with E-state index in [0.29, 0.717) is 22.7 Å². The first-order chi connectivity index (χ1) is 12.0. The average Bonchev–Trinajstić information content (AvgIpc) is 2.98. The Hall–Kier alpha value is -2.58. The monoisotopic (exact) mass is 362 g/mol. The fourth-order valence-electron chi connectivity index (χ4n) is 2.49. The van der Waals surface area contributed by atoms with Crippen LogP contribution in [0.5, 0.6) is 11.5 Å². The SMILES string of the molecule is COc1cccc(OCCNS(=O)(=O)c2ccc3c(c2)CC(=O)N3)c1. The zero-order chi connectivity index (χ0) is 17.9. The molecule has 0 radical (unpaired) electrons. The van der Waals surface area contributed by atoms with Crippen molar-refractivity contribution < 1.29 is 22.7 Å². The number of anilines is 1. The lowest BCUT2D eigenvalue weighted by molar-refractivity contribution is -0.115. The van der Waals surface area contributed by atoms with Crippen LogP contribution in [0.15, 0.2) is 47.4 Å². The molecule has 0 unspecified atom stereocenters. The maximum absolute atomic E-state index is 12.3. The molecule has 0 spiro atoms. The zero-order valence-electron chi connectivity index (χ0n) is 13.6. The van der Waals surface area contributed by atoms with Crippen LogP contribution >= 0.6 is 0 Å². The molecular weight excluding hydrogens is 344 g/mol. The average molecular weight is 362 g/mol. The van der Waals surface area contributed by atoms with Crippen molar-refractivity contribution in [2.45, 2.75) is 11.3 Å². The second-order valence-electron chi connectivity index (χ2n) is 5.47. The Kier molecular flexibility index (Phi) is 4.91. The van der Waals surface area contributed by atoms with Gasteiger partial charge in [0.25, 0.3) is 0 Å². The van der Waals surface area contributed by atoms with E-state index in [2.05, 4.69) is 10.0 Å². The van der Waals surface area contributed by atoms with E-state index in [-0.39, 0.29) is 30.4 Å². The van der Waals surface area contributed by atoms with E-state index in [4.69, 9.17) is 9.47 Å². The van der Waals surface area contributed by atoms with Crippen LogP contribution in [-0.4, -0.2) is 34.6 Å². The number of fused-ring (bicyclic) bond motifs is 1. The van der Waals surface area contributed by atoms with Gasteiger partial charge in [-0.2, -0.15) is 0 Å². The van der Waals surface area contributed by atoms with Crippen LogP contribution in [-0.2, 0) is 21.2 Å². The molecule has 2 aromatic rings. The van der Waals surface area contributed by atoms with Gasteiger partial charge in [-0.25, -0.2) is 13.1 Å². The second-order valence-corrected chi connectivity index (χ2v) is 7.24. The molecule has 7 nitrogen and oxygen atoms in total. The van der Waals surface area contributed by atoms with Crippen molar-refractivity contribution in [1.29, 1.82) is 0 Å². The van der Waals surface area contributed by atoms with Gasteiger partial charge in [0.15, 0.2) is 0 Å². The zero-order valence-corrected chi connectivity index (χ0v) is 14.4. The molecule has 0 aliphatic carbocycles. The number of nitrogens with one attached hydrogen (secondary N) is 2. The van der Waals surface area contributed by atoms with Crippen LogP contribution in [0, 0.1) is 0 Å². The maximum atomic E-state index is 12.3. The second kappa shape index (κ2) is 7.12. The highest BCUT2D eigenvalue weighted by Gasteiger charge is 2.21. The molecule has 0 atom stereocenters. The molecule has 25 heavy (non-hydrogen) atoms. The first-order valence-electron chi connectivity index (χ1n) is 7.67. The number of ether oxygens (including phenoxy) is 2. The summed E-state index contributed by atoms with van der Waals surface area (Å²) in [5, 5.41) is 2.67. The quantitative estimate of drug-likeness (QED) is 0.729. The number of sulfonamides is 1. The predicted molar refractivity (Wildman–Crippen MR) is 92.5 cm³/mol. The summed E-state index contributed by atoms with van der Waals surface area (Å²) in [5.41, 5.74) is 1.34. The van der Waals surface area contributed by atoms with Crippen LogP contribution in [0.3, 0.4) is 0 Å². The van der Waals surface area contributed by atoms with Gasteiger partial charge >= 0.3 is 0 Å². The van der Waals surface area contributed by atoms with Gasteiger partial charge < -0.3 is 14.8 Å². The van der Waals surface area contributed by atoms with E-state index < -0.39 is 10.0 Å². The third-order valence-electron chi connectivity index (χ3n) is 3.72. The molecule has 1 amide bonds. The summed E-state index contributed by atoms with van der Waals surface area (Å²) in [4.78, 5) is 11.5. The molecular formula is C17H18N2O5S. The Balaban J connectivity index is 1.57. The number of methoxy groups -OCH3 is 1. The van der Waals surface area contributed by atoms with Gasteiger partial charge in [0, 0.05) is 18.3 Å². The van der Waals surface area contributed by atoms with E-state index in [1.807, 2.05) is 0 Å². The van der Waals surface area contributed by atoms with Crippen LogP contribution < -0.4 is 19.5 Å². The lowest BCUT2D eigenvalue weighted by Gasteiger charge is -2.10. The number of hydrogen-bond donors (Lipinski definition) is 2. The summed E-state index contributed by atoms with van der Waals surface area (Å²) in [5.74, 6) is 1.13. The Bertz CT molecular complexity index is 896. The number of rotatable bonds is 7. The minimum absolute atomic E-state index is 0.119. The van der Waals surface area contributed by atoms with Crippen LogP contribution in [0.4, 0.5) is 5.69 Å². The van der Waals surface area contributed by atoms with Gasteiger partial charge in [0.2, 0.25) is 15.9 Å². The first kappa shape index (κ1) is 17.2. The first-order valence-corrected chi connectivity index (χ1v) is 9.15. The molecule has 1 aliphatic heterocycles. The van der Waals surface area contributed by atoms with Crippen molar-refractivity contribution in [2.75, 3.05) is 25.6 Å². The number of carbonyl (C=O) groups is 1. The standard InChI is InChI=1S/C17H18N2O5S/c1-23-13-3-2-4-14(11-13)24-8-7-18-25(21,22)15-5-6-16-12(9-15)10-17(20)19-16/h2-6,9,11,18H,7-8,10H2,1H3,(H,19,20). The molecule has 8 heteroatoms. The summed E-state index contributed by atoms with van der Waals surface area (Å²) < 4.78 is 37.8. The molecule has 2 N–H and O–H groups in total. The maximum Gasteiger partial charge on any atom is 0.240 e. The fraction of sp³-hybridized carbons (Fsp3) is 0.235. The molecule has 0 saturated carbocycles. The van der Waals surface area contributed by atoms with Crippen LogP contribution in [0.1, 0.15) is 5.56 Å². The molecule has 1 heterocycles. The van der Waals surface area contributed by atoms with Gasteiger partial charge in [-0.3, -0.25) is 4.79 Å². The van der Waals surface area contributed by atoms with E-state index in [9.17, 15) is 13.2 Å². The van der Waals surface area contributed by atoms with Crippen molar-refractivity contribution in [3.63, 3.8) is 0 Å². The van der Waals surface area contributed by atoms with Gasteiger partial charge in [0.05, 0.1) is 18.4 Å². The van der Waals surface area contributed by atoms with Gasteiger partial charge in [-0.1, -0.05) is 6.07 Å². The lowest BCUT2D eigenvalue weighted by atomic mass is 10.2. The normalized spacial score (nSPS) is 13.2. The molecule has 2 aromatic carbocycles. The Morgan fingerprint density at radius 2 is 1.96 bits per heavy atom. The van der Waals surface area contributed by atoms with E-state index >= 15 is 0 Å². The van der Waals surface area contributed by atoms with Crippen LogP contribution in [0.25, 0.3) is 0 Å². The van der Waals surface area contributed by atoms with Gasteiger partial charge in [-0.05, 0) is 35.9 Å². The van der Waals surface area contributed by atoms with Crippen molar-refractivity contribution >= 4 is 21.6 Å². The van der Waals surface area contributed by atoms with Crippen LogP contribution in [0.2, 0.25) is 0 Å². The smallest absolute Gasteiger partial charge is 0.240 e. The molecule has 0 bridgehead atoms. The highest BCUT2D eigenvalue weighted by molar-refractivity contribution is 7.89. The van der Waals surface area contributed by atoms with Crippen molar-refractivity contribution in [2.24, 2.45) is 0 Å². The predicted octanol–water partition coefficient (Wildman–Crippen LogP) is 1.55. The molecule has 0 fully saturated rings. The Morgan fingerprint density at radius 3 is 2.76 bits per heavy atom. The summed E-state index contributed by atoms with van der Waals surface area (Å²) in [7, 11) is -2.10. The van der Waals surface area contributed by atoms with Crippen molar-refractivity contribution in [1.82, 2.24) is 4.72 Å². The number of hydrogen-bond acceptors (Lipinski definition) is 5. The molecule has 1 aliphatic rings. The van der Waals surface area contributed by atoms with Crippen molar-refractivity contribution in [3.8, 4) is 11.5 Å². The summed E-state index contributed by atoms with van der Waals surface area (Å²) in [6, 6.07) is 11.7. The van der Waals surface area contributed by atoms with Crippen molar-refractivity contribution in [3.05, 3.63) is 48.0 Å². The molecule has 0 aromatic heterocycles. The fourth-order valence-corrected chi connectivity index (χ4v) is 3.56. The highest BCUT2D eigenvalue weighted by Crippen LogP contribution is 2.25.